The summed E-state index contributed by atoms with van der Waals surface area (Å²) in [6, 6.07) is 0. The van der Waals surface area contributed by atoms with Gasteiger partial charge >= 0.3 is 5.97 Å². The molecule has 4 nitrogen and oxygen atoms in total. The van der Waals surface area contributed by atoms with E-state index in [9.17, 15) is 4.79 Å². The molecular formula is C7H7ClN2O2. The fourth-order valence-corrected chi connectivity index (χ4v) is 0.711. The summed E-state index contributed by atoms with van der Waals surface area (Å²) in [6.45, 7) is 2.03. The smallest absolute Gasteiger partial charge is 0.376 e. The minimum Gasteiger partial charge on any atom is -0.460 e. The third kappa shape index (κ3) is 2.17. The monoisotopic (exact) mass is 186 g/mol. The van der Waals surface area contributed by atoms with Crippen molar-refractivity contribution in [3.63, 3.8) is 0 Å². The lowest BCUT2D eigenvalue weighted by Crippen LogP contribution is -2.08. The Kier molecular flexibility index (Phi) is 2.99. The predicted molar refractivity (Wildman–Crippen MR) is 43.0 cm³/mol. The predicted octanol–water partition coefficient (Wildman–Crippen LogP) is 1.31. The van der Waals surface area contributed by atoms with Crippen LogP contribution < -0.4 is 0 Å². The van der Waals surface area contributed by atoms with Crippen molar-refractivity contribution < 1.29 is 9.53 Å². The molecule has 0 spiro atoms. The molecule has 0 unspecified atom stereocenters. The standard InChI is InChI=1S/C7H7ClN2O2/c1-2-12-7(11)6-9-3-5(8)4-10-6/h3-4H,2H2,1H3. The molecule has 1 aromatic heterocycles. The van der Waals surface area contributed by atoms with E-state index in [1.807, 2.05) is 0 Å². The van der Waals surface area contributed by atoms with Crippen molar-refractivity contribution in [2.75, 3.05) is 6.61 Å². The highest BCUT2D eigenvalue weighted by Crippen LogP contribution is 2.03. The Hall–Kier alpha value is -1.16. The van der Waals surface area contributed by atoms with E-state index in [1.54, 1.807) is 6.92 Å². The average Bonchev–Trinajstić information content (AvgIpc) is 2.06. The van der Waals surface area contributed by atoms with E-state index in [1.165, 1.54) is 12.4 Å². The minimum atomic E-state index is -0.533. The van der Waals surface area contributed by atoms with Crippen LogP contribution in [0.3, 0.4) is 0 Å². The highest BCUT2D eigenvalue weighted by Gasteiger charge is 2.08. The van der Waals surface area contributed by atoms with E-state index in [4.69, 9.17) is 11.6 Å². The molecule has 0 amide bonds. The van der Waals surface area contributed by atoms with E-state index in [0.717, 1.165) is 0 Å². The molecular weight excluding hydrogens is 180 g/mol. The Labute approximate surface area is 74.5 Å². The van der Waals surface area contributed by atoms with E-state index >= 15 is 0 Å². The molecule has 0 aliphatic rings. The zero-order valence-electron chi connectivity index (χ0n) is 6.45. The summed E-state index contributed by atoms with van der Waals surface area (Å²) in [5.74, 6) is -0.504. The van der Waals surface area contributed by atoms with Gasteiger partial charge in [0.05, 0.1) is 11.6 Å². The molecule has 0 saturated heterocycles. The summed E-state index contributed by atoms with van der Waals surface area (Å²) in [5, 5.41) is 0.392. The summed E-state index contributed by atoms with van der Waals surface area (Å²) < 4.78 is 4.66. The number of hydrogen-bond acceptors (Lipinski definition) is 4. The van der Waals surface area contributed by atoms with Crippen molar-refractivity contribution in [2.45, 2.75) is 6.92 Å². The van der Waals surface area contributed by atoms with Crippen LogP contribution in [-0.4, -0.2) is 22.5 Å². The molecule has 12 heavy (non-hydrogen) atoms. The Balaban J connectivity index is 2.75. The molecule has 0 saturated carbocycles. The van der Waals surface area contributed by atoms with Gasteiger partial charge in [-0.1, -0.05) is 11.6 Å². The van der Waals surface area contributed by atoms with Crippen LogP contribution in [-0.2, 0) is 4.74 Å². The highest BCUT2D eigenvalue weighted by molar-refractivity contribution is 6.30. The molecule has 1 rings (SSSR count). The molecule has 0 aliphatic heterocycles. The number of aromatic nitrogens is 2. The zero-order chi connectivity index (χ0) is 8.97. The van der Waals surface area contributed by atoms with Crippen molar-refractivity contribution in [3.8, 4) is 0 Å². The second-order valence-corrected chi connectivity index (χ2v) is 2.38. The van der Waals surface area contributed by atoms with Crippen LogP contribution in [0.25, 0.3) is 0 Å². The second kappa shape index (κ2) is 4.01. The number of halogens is 1. The van der Waals surface area contributed by atoms with Crippen LogP contribution in [0, 0.1) is 0 Å². The van der Waals surface area contributed by atoms with Crippen LogP contribution >= 0.6 is 11.6 Å². The first-order valence-corrected chi connectivity index (χ1v) is 3.76. The molecule has 1 heterocycles. The molecule has 0 radical (unpaired) electrons. The van der Waals surface area contributed by atoms with Gasteiger partial charge in [0.1, 0.15) is 0 Å². The molecule has 0 N–H and O–H groups in total. The van der Waals surface area contributed by atoms with E-state index < -0.39 is 5.97 Å². The van der Waals surface area contributed by atoms with Gasteiger partial charge in [-0.15, -0.1) is 0 Å². The van der Waals surface area contributed by atoms with Gasteiger partial charge in [-0.2, -0.15) is 0 Å². The second-order valence-electron chi connectivity index (χ2n) is 1.95. The summed E-state index contributed by atoms with van der Waals surface area (Å²) in [5.41, 5.74) is 0. The topological polar surface area (TPSA) is 52.1 Å². The number of carbonyl (C=O) groups excluding carboxylic acids is 1. The highest BCUT2D eigenvalue weighted by atomic mass is 35.5. The Morgan fingerprint density at radius 1 is 1.58 bits per heavy atom. The summed E-state index contributed by atoms with van der Waals surface area (Å²) in [4.78, 5) is 18.3. The van der Waals surface area contributed by atoms with Gasteiger partial charge in [-0.25, -0.2) is 14.8 Å². The summed E-state index contributed by atoms with van der Waals surface area (Å²) in [6.07, 6.45) is 2.70. The molecule has 1 aromatic rings. The summed E-state index contributed by atoms with van der Waals surface area (Å²) >= 11 is 5.52. The van der Waals surface area contributed by atoms with E-state index in [2.05, 4.69) is 14.7 Å². The quantitative estimate of drug-likeness (QED) is 0.654. The van der Waals surface area contributed by atoms with Crippen molar-refractivity contribution in [3.05, 3.63) is 23.2 Å². The first-order valence-electron chi connectivity index (χ1n) is 3.38. The lowest BCUT2D eigenvalue weighted by Gasteiger charge is -1.98. The van der Waals surface area contributed by atoms with Crippen LogP contribution in [0.5, 0.6) is 0 Å². The molecule has 0 aromatic carbocycles. The Bertz CT molecular complexity index is 273. The van der Waals surface area contributed by atoms with Crippen molar-refractivity contribution in [2.24, 2.45) is 0 Å². The average molecular weight is 187 g/mol. The first kappa shape index (κ1) is 8.93. The van der Waals surface area contributed by atoms with Crippen LogP contribution in [0.2, 0.25) is 5.02 Å². The number of nitrogens with zero attached hydrogens (tertiary/aromatic N) is 2. The van der Waals surface area contributed by atoms with Gasteiger partial charge in [-0.3, -0.25) is 0 Å². The zero-order valence-corrected chi connectivity index (χ0v) is 7.21. The van der Waals surface area contributed by atoms with E-state index in [0.29, 0.717) is 11.6 Å². The fourth-order valence-electron chi connectivity index (χ4n) is 0.613. The van der Waals surface area contributed by atoms with E-state index in [-0.39, 0.29) is 5.82 Å². The van der Waals surface area contributed by atoms with Crippen molar-refractivity contribution in [1.29, 1.82) is 0 Å². The maximum absolute atomic E-state index is 11.0. The lowest BCUT2D eigenvalue weighted by atomic mass is 10.5. The molecule has 64 valence electrons. The molecule has 0 aliphatic carbocycles. The summed E-state index contributed by atoms with van der Waals surface area (Å²) in [7, 11) is 0. The largest absolute Gasteiger partial charge is 0.460 e. The number of esters is 1. The van der Waals surface area contributed by atoms with Gasteiger partial charge in [0, 0.05) is 12.4 Å². The van der Waals surface area contributed by atoms with Gasteiger partial charge in [0.25, 0.3) is 0 Å². The number of carbonyl (C=O) groups is 1. The van der Waals surface area contributed by atoms with Gasteiger partial charge in [0.2, 0.25) is 5.82 Å². The number of rotatable bonds is 2. The molecule has 0 bridgehead atoms. The number of ether oxygens (including phenoxy) is 1. The molecule has 5 heteroatoms. The Morgan fingerprint density at radius 2 is 2.17 bits per heavy atom. The molecule has 0 atom stereocenters. The van der Waals surface area contributed by atoms with Gasteiger partial charge in [0.15, 0.2) is 0 Å². The van der Waals surface area contributed by atoms with Crippen LogP contribution in [0.4, 0.5) is 0 Å². The van der Waals surface area contributed by atoms with Crippen molar-refractivity contribution >= 4 is 17.6 Å². The third-order valence-electron chi connectivity index (χ3n) is 1.08. The maximum Gasteiger partial charge on any atom is 0.376 e. The normalized spacial score (nSPS) is 9.50. The minimum absolute atomic E-state index is 0.0289. The first-order chi connectivity index (χ1) is 5.74. The lowest BCUT2D eigenvalue weighted by molar-refractivity contribution is 0.0512. The van der Waals surface area contributed by atoms with Gasteiger partial charge in [-0.05, 0) is 6.92 Å². The maximum atomic E-state index is 11.0. The Morgan fingerprint density at radius 3 is 2.67 bits per heavy atom. The molecule has 0 fully saturated rings. The fraction of sp³-hybridized carbons (Fsp3) is 0.286. The van der Waals surface area contributed by atoms with Crippen LogP contribution in [0.1, 0.15) is 17.5 Å². The SMILES string of the molecule is CCOC(=O)c1ncc(Cl)cn1. The number of hydrogen-bond donors (Lipinski definition) is 0. The van der Waals surface area contributed by atoms with Crippen molar-refractivity contribution in [1.82, 2.24) is 9.97 Å². The van der Waals surface area contributed by atoms with Crippen LogP contribution in [0.15, 0.2) is 12.4 Å². The third-order valence-corrected chi connectivity index (χ3v) is 1.27. The van der Waals surface area contributed by atoms with Gasteiger partial charge < -0.3 is 4.74 Å².